The second-order valence-electron chi connectivity index (χ2n) is 5.32. The Balaban J connectivity index is 1.91. The van der Waals surface area contributed by atoms with Gasteiger partial charge in [-0.2, -0.15) is 5.10 Å². The molecule has 1 N–H and O–H groups in total. The van der Waals surface area contributed by atoms with Crippen LogP contribution in [0.5, 0.6) is 0 Å². The van der Waals surface area contributed by atoms with Gasteiger partial charge in [-0.05, 0) is 32.7 Å². The molecule has 1 amide bonds. The minimum atomic E-state index is 0.125. The zero-order valence-corrected chi connectivity index (χ0v) is 12.1. The fourth-order valence-electron chi connectivity index (χ4n) is 2.62. The normalized spacial score (nSPS) is 16.9. The van der Waals surface area contributed by atoms with Gasteiger partial charge in [0.15, 0.2) is 0 Å². The summed E-state index contributed by atoms with van der Waals surface area (Å²) in [6.07, 6.45) is 5.07. The maximum absolute atomic E-state index is 12.4. The number of aromatic nitrogens is 2. The van der Waals surface area contributed by atoms with E-state index in [1.54, 1.807) is 4.68 Å². The Kier molecular flexibility index (Phi) is 4.58. The van der Waals surface area contributed by atoms with Gasteiger partial charge in [-0.1, -0.05) is 6.92 Å². The lowest BCUT2D eigenvalue weighted by Crippen LogP contribution is -2.45. The summed E-state index contributed by atoms with van der Waals surface area (Å²) in [5.74, 6) is 0.125. The van der Waals surface area contributed by atoms with E-state index in [2.05, 4.69) is 17.3 Å². The molecule has 2 heterocycles. The fourth-order valence-corrected chi connectivity index (χ4v) is 2.62. The molecule has 19 heavy (non-hydrogen) atoms. The van der Waals surface area contributed by atoms with Crippen LogP contribution >= 0.6 is 0 Å². The van der Waals surface area contributed by atoms with Crippen LogP contribution in [0.2, 0.25) is 0 Å². The Morgan fingerprint density at radius 1 is 1.47 bits per heavy atom. The van der Waals surface area contributed by atoms with E-state index in [1.165, 1.54) is 0 Å². The van der Waals surface area contributed by atoms with Crippen molar-refractivity contribution in [3.05, 3.63) is 17.5 Å². The first-order chi connectivity index (χ1) is 9.11. The highest BCUT2D eigenvalue weighted by Crippen LogP contribution is 2.15. The molecule has 1 aliphatic rings. The molecular formula is C14H24N4O. The van der Waals surface area contributed by atoms with E-state index in [1.807, 2.05) is 25.1 Å². The predicted octanol–water partition coefficient (Wildman–Crippen LogP) is 1.33. The van der Waals surface area contributed by atoms with Crippen LogP contribution < -0.4 is 5.32 Å². The lowest BCUT2D eigenvalue weighted by molar-refractivity contribution is 0.0704. The van der Waals surface area contributed by atoms with E-state index in [9.17, 15) is 4.79 Å². The van der Waals surface area contributed by atoms with Gasteiger partial charge < -0.3 is 10.2 Å². The number of likely N-dealkylation sites (tertiary alicyclic amines) is 1. The Labute approximate surface area is 115 Å². The Hall–Kier alpha value is -1.36. The number of hydrogen-bond donors (Lipinski definition) is 1. The molecule has 0 unspecified atom stereocenters. The lowest BCUT2D eigenvalue weighted by atomic mass is 10.0. The molecule has 0 saturated carbocycles. The van der Waals surface area contributed by atoms with Gasteiger partial charge in [-0.25, -0.2) is 0 Å². The number of carbonyl (C=O) groups excluding carboxylic acids is 1. The molecule has 5 heteroatoms. The van der Waals surface area contributed by atoms with Gasteiger partial charge in [-0.3, -0.25) is 9.48 Å². The van der Waals surface area contributed by atoms with Crippen molar-refractivity contribution in [1.29, 1.82) is 0 Å². The molecule has 5 nitrogen and oxygen atoms in total. The number of rotatable bonds is 4. The molecule has 0 spiro atoms. The van der Waals surface area contributed by atoms with E-state index in [0.717, 1.165) is 50.2 Å². The third-order valence-electron chi connectivity index (χ3n) is 3.71. The first-order valence-electron chi connectivity index (χ1n) is 7.14. The Morgan fingerprint density at radius 3 is 2.68 bits per heavy atom. The maximum Gasteiger partial charge on any atom is 0.257 e. The first kappa shape index (κ1) is 14.1. The molecule has 106 valence electrons. The average Bonchev–Trinajstić information content (AvgIpc) is 2.75. The summed E-state index contributed by atoms with van der Waals surface area (Å²) in [7, 11) is 1.85. The van der Waals surface area contributed by atoms with Crippen LogP contribution in [0.25, 0.3) is 0 Å². The van der Waals surface area contributed by atoms with Crippen LogP contribution in [0.15, 0.2) is 6.20 Å². The van der Waals surface area contributed by atoms with Crippen molar-refractivity contribution in [2.75, 3.05) is 19.6 Å². The molecule has 0 radical (unpaired) electrons. The standard InChI is InChI=1S/C14H24N4O/c1-4-7-15-12-5-8-18(9-6-12)14(19)13-10-17(3)16-11(13)2/h10,12,15H,4-9H2,1-3H3. The predicted molar refractivity (Wildman–Crippen MR) is 75.2 cm³/mol. The van der Waals surface area contributed by atoms with Crippen LogP contribution in [-0.2, 0) is 7.05 Å². The number of aryl methyl sites for hydroxylation is 2. The lowest BCUT2D eigenvalue weighted by Gasteiger charge is -2.32. The number of carbonyl (C=O) groups is 1. The van der Waals surface area contributed by atoms with Crippen molar-refractivity contribution < 1.29 is 4.79 Å². The summed E-state index contributed by atoms with van der Waals surface area (Å²) in [4.78, 5) is 14.4. The van der Waals surface area contributed by atoms with Gasteiger partial charge >= 0.3 is 0 Å². The van der Waals surface area contributed by atoms with Crippen molar-refractivity contribution in [3.8, 4) is 0 Å². The number of amides is 1. The third kappa shape index (κ3) is 3.35. The molecular weight excluding hydrogens is 240 g/mol. The summed E-state index contributed by atoms with van der Waals surface area (Å²) < 4.78 is 1.71. The Bertz CT molecular complexity index is 433. The van der Waals surface area contributed by atoms with Gasteiger partial charge in [0.1, 0.15) is 0 Å². The van der Waals surface area contributed by atoms with Crippen LogP contribution in [-0.4, -0.2) is 46.3 Å². The molecule has 0 atom stereocenters. The first-order valence-corrected chi connectivity index (χ1v) is 7.14. The van der Waals surface area contributed by atoms with E-state index in [-0.39, 0.29) is 5.91 Å². The second-order valence-corrected chi connectivity index (χ2v) is 5.32. The van der Waals surface area contributed by atoms with Crippen LogP contribution in [0.4, 0.5) is 0 Å². The van der Waals surface area contributed by atoms with Gasteiger partial charge in [-0.15, -0.1) is 0 Å². The highest BCUT2D eigenvalue weighted by atomic mass is 16.2. The molecule has 1 saturated heterocycles. The van der Waals surface area contributed by atoms with Crippen molar-refractivity contribution in [2.24, 2.45) is 7.05 Å². The zero-order valence-electron chi connectivity index (χ0n) is 12.1. The fraction of sp³-hybridized carbons (Fsp3) is 0.714. The van der Waals surface area contributed by atoms with E-state index >= 15 is 0 Å². The summed E-state index contributed by atoms with van der Waals surface area (Å²) in [5, 5.41) is 7.77. The van der Waals surface area contributed by atoms with Crippen molar-refractivity contribution in [3.63, 3.8) is 0 Å². The molecule has 1 aliphatic heterocycles. The van der Waals surface area contributed by atoms with E-state index < -0.39 is 0 Å². The maximum atomic E-state index is 12.4. The zero-order chi connectivity index (χ0) is 13.8. The van der Waals surface area contributed by atoms with E-state index in [4.69, 9.17) is 0 Å². The van der Waals surface area contributed by atoms with Gasteiger partial charge in [0, 0.05) is 32.4 Å². The van der Waals surface area contributed by atoms with Crippen molar-refractivity contribution >= 4 is 5.91 Å². The minimum Gasteiger partial charge on any atom is -0.338 e. The monoisotopic (exact) mass is 264 g/mol. The van der Waals surface area contributed by atoms with Crippen LogP contribution in [0, 0.1) is 6.92 Å². The smallest absolute Gasteiger partial charge is 0.257 e. The molecule has 0 bridgehead atoms. The average molecular weight is 264 g/mol. The van der Waals surface area contributed by atoms with E-state index in [0.29, 0.717) is 6.04 Å². The summed E-state index contributed by atoms with van der Waals surface area (Å²) in [6, 6.07) is 0.569. The molecule has 1 aromatic heterocycles. The molecule has 1 aromatic rings. The van der Waals surface area contributed by atoms with Crippen molar-refractivity contribution in [1.82, 2.24) is 20.0 Å². The summed E-state index contributed by atoms with van der Waals surface area (Å²) in [5.41, 5.74) is 1.56. The number of nitrogens with one attached hydrogen (secondary N) is 1. The SMILES string of the molecule is CCCNC1CCN(C(=O)c2cn(C)nc2C)CC1. The quantitative estimate of drug-likeness (QED) is 0.892. The number of nitrogens with zero attached hydrogens (tertiary/aromatic N) is 3. The third-order valence-corrected chi connectivity index (χ3v) is 3.71. The van der Waals surface area contributed by atoms with Gasteiger partial charge in [0.2, 0.25) is 0 Å². The minimum absolute atomic E-state index is 0.125. The number of hydrogen-bond acceptors (Lipinski definition) is 3. The summed E-state index contributed by atoms with van der Waals surface area (Å²) in [6.45, 7) is 6.82. The molecule has 2 rings (SSSR count). The van der Waals surface area contributed by atoms with Gasteiger partial charge in [0.05, 0.1) is 11.3 Å². The van der Waals surface area contributed by atoms with Crippen LogP contribution in [0.3, 0.4) is 0 Å². The Morgan fingerprint density at radius 2 is 2.16 bits per heavy atom. The largest absolute Gasteiger partial charge is 0.338 e. The van der Waals surface area contributed by atoms with Gasteiger partial charge in [0.25, 0.3) is 5.91 Å². The second kappa shape index (κ2) is 6.19. The van der Waals surface area contributed by atoms with Crippen LogP contribution in [0.1, 0.15) is 42.2 Å². The molecule has 1 fully saturated rings. The van der Waals surface area contributed by atoms with Crippen molar-refractivity contribution in [2.45, 2.75) is 39.2 Å². The topological polar surface area (TPSA) is 50.2 Å². The molecule has 0 aliphatic carbocycles. The number of piperidine rings is 1. The summed E-state index contributed by atoms with van der Waals surface area (Å²) >= 11 is 0. The molecule has 0 aromatic carbocycles. The highest BCUT2D eigenvalue weighted by Gasteiger charge is 2.25. The highest BCUT2D eigenvalue weighted by molar-refractivity contribution is 5.95.